The molecule has 2 aromatic rings. The van der Waals surface area contributed by atoms with Crippen molar-refractivity contribution in [2.45, 2.75) is 44.6 Å². The molecule has 0 aliphatic carbocycles. The monoisotopic (exact) mass is 458 g/mol. The number of nitrogens with zero attached hydrogens (tertiary/aromatic N) is 2. The van der Waals surface area contributed by atoms with Crippen LogP contribution in [-0.2, 0) is 26.3 Å². The van der Waals surface area contributed by atoms with E-state index >= 15 is 0 Å². The van der Waals surface area contributed by atoms with Crippen LogP contribution in [0.3, 0.4) is 0 Å². The summed E-state index contributed by atoms with van der Waals surface area (Å²) in [7, 11) is 0. The Kier molecular flexibility index (Phi) is 6.63. The molecule has 9 heteroatoms. The molecule has 1 aromatic carbocycles. The molecule has 1 fully saturated rings. The van der Waals surface area contributed by atoms with Gasteiger partial charge in [-0.25, -0.2) is 0 Å². The maximum Gasteiger partial charge on any atom is 0.234 e. The molecule has 2 N–H and O–H groups in total. The van der Waals surface area contributed by atoms with Gasteiger partial charge in [0.05, 0.1) is 22.6 Å². The molecule has 1 aromatic heterocycles. The molecule has 0 spiro atoms. The smallest absolute Gasteiger partial charge is 0.234 e. The summed E-state index contributed by atoms with van der Waals surface area (Å²) in [6.07, 6.45) is 1.99. The van der Waals surface area contributed by atoms with Crippen molar-refractivity contribution in [2.24, 2.45) is 0 Å². The first-order valence-corrected chi connectivity index (χ1v) is 10.4. The fourth-order valence-electron chi connectivity index (χ4n) is 3.39. The number of imide groups is 1. The summed E-state index contributed by atoms with van der Waals surface area (Å²) >= 11 is 12.8. The number of carbonyl (C=O) groups excluding carboxylic acids is 3. The number of benzene rings is 1. The number of carbonyl (C=O) groups is 3. The Morgan fingerprint density at radius 3 is 2.52 bits per heavy atom. The summed E-state index contributed by atoms with van der Waals surface area (Å²) in [5, 5.41) is 14.7. The number of pyridine rings is 1. The number of piperidine rings is 1. The van der Waals surface area contributed by atoms with Crippen LogP contribution >= 0.6 is 23.2 Å². The van der Waals surface area contributed by atoms with Gasteiger partial charge in [-0.1, -0.05) is 23.2 Å². The molecular formula is C22H20Cl2N4O3. The predicted octanol–water partition coefficient (Wildman–Crippen LogP) is 3.37. The molecule has 160 valence electrons. The third-order valence-corrected chi connectivity index (χ3v) is 5.91. The number of rotatable bonds is 5. The van der Waals surface area contributed by atoms with Crippen molar-refractivity contribution in [1.29, 1.82) is 5.26 Å². The number of hydrogen-bond donors (Lipinski definition) is 2. The third kappa shape index (κ3) is 4.87. The van der Waals surface area contributed by atoms with Gasteiger partial charge in [0.1, 0.15) is 6.07 Å². The summed E-state index contributed by atoms with van der Waals surface area (Å²) in [5.74, 6) is -1.58. The fraction of sp³-hybridized carbons (Fsp3) is 0.318. The highest BCUT2D eigenvalue weighted by Crippen LogP contribution is 2.37. The molecule has 0 saturated carbocycles. The Morgan fingerprint density at radius 1 is 1.29 bits per heavy atom. The van der Waals surface area contributed by atoms with Gasteiger partial charge in [0.2, 0.25) is 17.7 Å². The minimum absolute atomic E-state index is 0.174. The second-order valence-corrected chi connectivity index (χ2v) is 8.64. The molecule has 1 aliphatic rings. The average molecular weight is 459 g/mol. The highest BCUT2D eigenvalue weighted by molar-refractivity contribution is 6.36. The first-order chi connectivity index (χ1) is 14.6. The Labute approximate surface area is 189 Å². The van der Waals surface area contributed by atoms with Crippen LogP contribution in [0, 0.1) is 11.3 Å². The number of amides is 3. The molecule has 1 atom stereocenters. The Morgan fingerprint density at radius 2 is 1.97 bits per heavy atom. The van der Waals surface area contributed by atoms with E-state index in [0.29, 0.717) is 38.9 Å². The summed E-state index contributed by atoms with van der Waals surface area (Å²) < 4.78 is 0. The average Bonchev–Trinajstić information content (AvgIpc) is 2.73. The molecule has 1 unspecified atom stereocenters. The molecular weight excluding hydrogens is 439 g/mol. The van der Waals surface area contributed by atoms with Gasteiger partial charge in [0.15, 0.2) is 0 Å². The van der Waals surface area contributed by atoms with Crippen molar-refractivity contribution in [3.8, 4) is 6.07 Å². The van der Waals surface area contributed by atoms with Crippen LogP contribution in [-0.4, -0.2) is 22.7 Å². The van der Waals surface area contributed by atoms with E-state index < -0.39 is 17.2 Å². The van der Waals surface area contributed by atoms with Gasteiger partial charge < -0.3 is 5.32 Å². The molecule has 0 radical (unpaired) electrons. The summed E-state index contributed by atoms with van der Waals surface area (Å²) in [5.41, 5.74) is 1.18. The van der Waals surface area contributed by atoms with Crippen molar-refractivity contribution in [3.63, 3.8) is 0 Å². The van der Waals surface area contributed by atoms with Gasteiger partial charge in [-0.3, -0.25) is 24.7 Å². The van der Waals surface area contributed by atoms with E-state index in [1.807, 2.05) is 6.07 Å². The molecule has 2 heterocycles. The van der Waals surface area contributed by atoms with Gasteiger partial charge in [-0.05, 0) is 50.1 Å². The number of hydrogen-bond acceptors (Lipinski definition) is 5. The SMILES string of the molecule is CC(C)(C(=O)NCc1cc(Cl)c(C2CCC(=O)NC2=O)c(Cl)c1)c1ccc(C#N)cn1. The fourth-order valence-corrected chi connectivity index (χ4v) is 4.19. The highest BCUT2D eigenvalue weighted by atomic mass is 35.5. The number of nitrogens with one attached hydrogen (secondary N) is 2. The maximum absolute atomic E-state index is 12.8. The lowest BCUT2D eigenvalue weighted by Crippen LogP contribution is -2.40. The minimum atomic E-state index is -0.922. The molecule has 1 aliphatic heterocycles. The maximum atomic E-state index is 12.8. The zero-order valence-corrected chi connectivity index (χ0v) is 18.5. The van der Waals surface area contributed by atoms with E-state index in [1.54, 1.807) is 38.1 Å². The Hall–Kier alpha value is -2.95. The highest BCUT2D eigenvalue weighted by Gasteiger charge is 2.32. The van der Waals surface area contributed by atoms with Gasteiger partial charge in [-0.2, -0.15) is 5.26 Å². The zero-order chi connectivity index (χ0) is 22.8. The van der Waals surface area contributed by atoms with E-state index in [2.05, 4.69) is 15.6 Å². The molecule has 3 amide bonds. The number of aromatic nitrogens is 1. The van der Waals surface area contributed by atoms with Crippen molar-refractivity contribution in [1.82, 2.24) is 15.6 Å². The van der Waals surface area contributed by atoms with Crippen LogP contribution in [0.25, 0.3) is 0 Å². The number of halogens is 2. The molecule has 7 nitrogen and oxygen atoms in total. The van der Waals surface area contributed by atoms with E-state index in [9.17, 15) is 14.4 Å². The normalized spacial score (nSPS) is 16.4. The first-order valence-electron chi connectivity index (χ1n) is 9.60. The van der Waals surface area contributed by atoms with Crippen LogP contribution in [0.2, 0.25) is 10.0 Å². The predicted molar refractivity (Wildman–Crippen MR) is 115 cm³/mol. The second kappa shape index (κ2) is 9.04. The molecule has 31 heavy (non-hydrogen) atoms. The van der Waals surface area contributed by atoms with Crippen LogP contribution in [0.15, 0.2) is 30.5 Å². The lowest BCUT2D eigenvalue weighted by atomic mass is 9.87. The van der Waals surface area contributed by atoms with E-state index in [1.165, 1.54) is 6.20 Å². The lowest BCUT2D eigenvalue weighted by Gasteiger charge is -2.24. The van der Waals surface area contributed by atoms with Crippen molar-refractivity contribution < 1.29 is 14.4 Å². The topological polar surface area (TPSA) is 112 Å². The molecule has 3 rings (SSSR count). The van der Waals surface area contributed by atoms with Gasteiger partial charge >= 0.3 is 0 Å². The molecule has 1 saturated heterocycles. The van der Waals surface area contributed by atoms with Gasteiger partial charge in [-0.15, -0.1) is 0 Å². The largest absolute Gasteiger partial charge is 0.351 e. The van der Waals surface area contributed by atoms with Gasteiger partial charge in [0.25, 0.3) is 0 Å². The van der Waals surface area contributed by atoms with Crippen LogP contribution in [0.4, 0.5) is 0 Å². The zero-order valence-electron chi connectivity index (χ0n) is 17.0. The quantitative estimate of drug-likeness (QED) is 0.666. The third-order valence-electron chi connectivity index (χ3n) is 5.28. The Bertz CT molecular complexity index is 1070. The summed E-state index contributed by atoms with van der Waals surface area (Å²) in [6, 6.07) is 8.57. The second-order valence-electron chi connectivity index (χ2n) is 7.83. The van der Waals surface area contributed by atoms with Gasteiger partial charge in [0, 0.05) is 34.8 Å². The van der Waals surface area contributed by atoms with Crippen molar-refractivity contribution >= 4 is 40.9 Å². The van der Waals surface area contributed by atoms with Crippen molar-refractivity contribution in [3.05, 3.63) is 62.9 Å². The summed E-state index contributed by atoms with van der Waals surface area (Å²) in [4.78, 5) is 40.5. The standard InChI is InChI=1S/C22H20Cl2N4O3/c1-22(2,17-5-3-12(9-25)10-26-17)21(31)27-11-13-7-15(23)19(16(24)8-13)14-4-6-18(29)28-20(14)30/h3,5,7-8,10,14H,4,6,11H2,1-2H3,(H,27,31)(H,28,29,30). The van der Waals surface area contributed by atoms with Crippen molar-refractivity contribution in [2.75, 3.05) is 0 Å². The first kappa shape index (κ1) is 22.7. The minimum Gasteiger partial charge on any atom is -0.351 e. The van der Waals surface area contributed by atoms with E-state index in [-0.39, 0.29) is 24.8 Å². The Balaban J connectivity index is 1.73. The lowest BCUT2D eigenvalue weighted by molar-refractivity contribution is -0.134. The van der Waals surface area contributed by atoms with E-state index in [4.69, 9.17) is 28.5 Å². The molecule has 0 bridgehead atoms. The summed E-state index contributed by atoms with van der Waals surface area (Å²) in [6.45, 7) is 3.65. The van der Waals surface area contributed by atoms with E-state index in [0.717, 1.165) is 0 Å². The van der Waals surface area contributed by atoms with Crippen LogP contribution in [0.1, 0.15) is 55.0 Å². The van der Waals surface area contributed by atoms with Crippen LogP contribution in [0.5, 0.6) is 0 Å². The number of nitriles is 1. The van der Waals surface area contributed by atoms with Crippen LogP contribution < -0.4 is 10.6 Å².